The first kappa shape index (κ1) is 18.0. The second-order valence-electron chi connectivity index (χ2n) is 4.87. The molecule has 0 aromatic carbocycles. The molecule has 2 atom stereocenters. The highest BCUT2D eigenvalue weighted by molar-refractivity contribution is 8.00. The molecular formula is C12H25ClN2O2S. The van der Waals surface area contributed by atoms with E-state index >= 15 is 0 Å². The second-order valence-corrected chi connectivity index (χ2v) is 6.14. The Hall–Kier alpha value is 0.0300. The maximum absolute atomic E-state index is 11.9. The first-order valence-electron chi connectivity index (χ1n) is 6.17. The lowest BCUT2D eigenvalue weighted by Gasteiger charge is -2.36. The van der Waals surface area contributed by atoms with E-state index in [9.17, 15) is 4.79 Å². The summed E-state index contributed by atoms with van der Waals surface area (Å²) in [5.41, 5.74) is 5.72. The number of rotatable bonds is 5. The molecule has 4 nitrogen and oxygen atoms in total. The average Bonchev–Trinajstić information content (AvgIpc) is 2.36. The third-order valence-corrected chi connectivity index (χ3v) is 5.04. The van der Waals surface area contributed by atoms with Crippen LogP contribution in [0.2, 0.25) is 0 Å². The lowest BCUT2D eigenvalue weighted by atomic mass is 9.98. The van der Waals surface area contributed by atoms with E-state index in [1.807, 2.05) is 25.6 Å². The summed E-state index contributed by atoms with van der Waals surface area (Å²) in [6, 6.07) is -0.102. The van der Waals surface area contributed by atoms with Crippen LogP contribution >= 0.6 is 24.2 Å². The highest BCUT2D eigenvalue weighted by atomic mass is 35.5. The Morgan fingerprint density at radius 2 is 2.00 bits per heavy atom. The van der Waals surface area contributed by atoms with Crippen molar-refractivity contribution < 1.29 is 9.53 Å². The number of nitrogens with two attached hydrogens (primary N) is 1. The van der Waals surface area contributed by atoms with E-state index in [1.165, 1.54) is 0 Å². The van der Waals surface area contributed by atoms with Gasteiger partial charge in [0.15, 0.2) is 0 Å². The van der Waals surface area contributed by atoms with Crippen molar-refractivity contribution in [3.63, 3.8) is 0 Å². The third kappa shape index (κ3) is 4.96. The maximum atomic E-state index is 11.9. The Morgan fingerprint density at radius 3 is 2.44 bits per heavy atom. The molecule has 1 aliphatic rings. The largest absolute Gasteiger partial charge is 0.381 e. The molecule has 1 aliphatic heterocycles. The molecule has 18 heavy (non-hydrogen) atoms. The molecule has 0 aliphatic carbocycles. The van der Waals surface area contributed by atoms with Crippen LogP contribution in [-0.4, -0.2) is 42.7 Å². The van der Waals surface area contributed by atoms with Crippen LogP contribution in [0.3, 0.4) is 0 Å². The van der Waals surface area contributed by atoms with E-state index in [0.717, 1.165) is 26.1 Å². The van der Waals surface area contributed by atoms with Crippen molar-refractivity contribution in [2.45, 2.75) is 37.5 Å². The highest BCUT2D eigenvalue weighted by Gasteiger charge is 2.32. The first-order valence-corrected chi connectivity index (χ1v) is 7.39. The molecule has 0 saturated carbocycles. The van der Waals surface area contributed by atoms with E-state index in [2.05, 4.69) is 11.6 Å². The number of amides is 1. The van der Waals surface area contributed by atoms with Crippen LogP contribution in [0, 0.1) is 5.92 Å². The molecule has 3 N–H and O–H groups in total. The van der Waals surface area contributed by atoms with E-state index in [1.54, 1.807) is 0 Å². The number of halogens is 1. The van der Waals surface area contributed by atoms with E-state index in [0.29, 0.717) is 6.54 Å². The molecule has 2 unspecified atom stereocenters. The summed E-state index contributed by atoms with van der Waals surface area (Å²) in [5, 5.41) is 3.03. The van der Waals surface area contributed by atoms with Gasteiger partial charge in [-0.3, -0.25) is 4.79 Å². The summed E-state index contributed by atoms with van der Waals surface area (Å²) in [4.78, 5) is 11.9. The Morgan fingerprint density at radius 1 is 1.44 bits per heavy atom. The fraction of sp³-hybridized carbons (Fsp3) is 0.917. The number of nitrogens with one attached hydrogen (secondary N) is 1. The number of carbonyl (C=O) groups is 1. The lowest BCUT2D eigenvalue weighted by molar-refractivity contribution is -0.125. The predicted molar refractivity (Wildman–Crippen MR) is 79.4 cm³/mol. The predicted octanol–water partition coefficient (Wildman–Crippen LogP) is 1.42. The fourth-order valence-corrected chi connectivity index (χ4v) is 2.64. The Balaban J connectivity index is 0.00000289. The molecule has 108 valence electrons. The van der Waals surface area contributed by atoms with Gasteiger partial charge in [0.1, 0.15) is 0 Å². The molecule has 1 amide bonds. The molecule has 1 rings (SSSR count). The summed E-state index contributed by atoms with van der Waals surface area (Å²) in [6.45, 7) is 6.03. The zero-order valence-electron chi connectivity index (χ0n) is 11.4. The fourth-order valence-electron chi connectivity index (χ4n) is 1.84. The third-order valence-electron chi connectivity index (χ3n) is 3.62. The smallest absolute Gasteiger partial charge is 0.224 e. The van der Waals surface area contributed by atoms with Crippen LogP contribution < -0.4 is 11.1 Å². The Bertz CT molecular complexity index is 258. The summed E-state index contributed by atoms with van der Waals surface area (Å²) < 4.78 is 5.52. The number of hydrogen-bond acceptors (Lipinski definition) is 4. The van der Waals surface area contributed by atoms with Crippen molar-refractivity contribution in [2.75, 3.05) is 26.0 Å². The molecule has 6 heteroatoms. The van der Waals surface area contributed by atoms with Crippen LogP contribution in [0.25, 0.3) is 0 Å². The van der Waals surface area contributed by atoms with Gasteiger partial charge in [-0.15, -0.1) is 12.4 Å². The number of hydrogen-bond donors (Lipinski definition) is 2. The van der Waals surface area contributed by atoms with Gasteiger partial charge in [-0.05, 0) is 26.0 Å². The molecule has 0 radical (unpaired) electrons. The SMILES string of the molecule is CSC1(CNC(=O)C(C)C(C)N)CCOCC1.Cl. The van der Waals surface area contributed by atoms with E-state index in [4.69, 9.17) is 10.5 Å². The molecule has 0 bridgehead atoms. The quantitative estimate of drug-likeness (QED) is 0.805. The van der Waals surface area contributed by atoms with Gasteiger partial charge in [0.25, 0.3) is 0 Å². The van der Waals surface area contributed by atoms with Gasteiger partial charge in [0, 0.05) is 36.5 Å². The maximum Gasteiger partial charge on any atom is 0.224 e. The zero-order chi connectivity index (χ0) is 12.9. The molecular weight excluding hydrogens is 272 g/mol. The summed E-state index contributed by atoms with van der Waals surface area (Å²) in [7, 11) is 0. The Kier molecular flexibility index (Phi) is 8.26. The van der Waals surface area contributed by atoms with Crippen molar-refractivity contribution in [1.82, 2.24) is 5.32 Å². The summed E-state index contributed by atoms with van der Waals surface area (Å²) >= 11 is 1.83. The zero-order valence-corrected chi connectivity index (χ0v) is 13.0. The number of ether oxygens (including phenoxy) is 1. The van der Waals surface area contributed by atoms with Gasteiger partial charge in [-0.25, -0.2) is 0 Å². The molecule has 0 spiro atoms. The van der Waals surface area contributed by atoms with Crippen LogP contribution in [0.4, 0.5) is 0 Å². The topological polar surface area (TPSA) is 64.4 Å². The first-order chi connectivity index (χ1) is 8.01. The van der Waals surface area contributed by atoms with Crippen molar-refractivity contribution in [2.24, 2.45) is 11.7 Å². The molecule has 0 aromatic rings. The normalized spacial score (nSPS) is 21.6. The van der Waals surface area contributed by atoms with Gasteiger partial charge >= 0.3 is 0 Å². The van der Waals surface area contributed by atoms with Crippen LogP contribution in [0.15, 0.2) is 0 Å². The van der Waals surface area contributed by atoms with Gasteiger partial charge < -0.3 is 15.8 Å². The lowest BCUT2D eigenvalue weighted by Crippen LogP contribution is -2.47. The summed E-state index contributed by atoms with van der Waals surface area (Å²) in [6.07, 6.45) is 4.11. The molecule has 1 saturated heterocycles. The second kappa shape index (κ2) is 8.25. The number of thioether (sulfide) groups is 1. The standard InChI is InChI=1S/C12H24N2O2S.ClH/c1-9(10(2)13)11(15)14-8-12(17-3)4-6-16-7-5-12;/h9-10H,4-8,13H2,1-3H3,(H,14,15);1H. The molecule has 1 heterocycles. The van der Waals surface area contributed by atoms with Gasteiger partial charge in [0.2, 0.25) is 5.91 Å². The van der Waals surface area contributed by atoms with Crippen molar-refractivity contribution in [3.05, 3.63) is 0 Å². The summed E-state index contributed by atoms with van der Waals surface area (Å²) in [5.74, 6) is -0.0753. The number of carbonyl (C=O) groups excluding carboxylic acids is 1. The minimum Gasteiger partial charge on any atom is -0.381 e. The average molecular weight is 297 g/mol. The van der Waals surface area contributed by atoms with Crippen molar-refractivity contribution in [1.29, 1.82) is 0 Å². The van der Waals surface area contributed by atoms with Crippen molar-refractivity contribution >= 4 is 30.1 Å². The van der Waals surface area contributed by atoms with Gasteiger partial charge in [-0.2, -0.15) is 11.8 Å². The monoisotopic (exact) mass is 296 g/mol. The van der Waals surface area contributed by atoms with Gasteiger partial charge in [-0.1, -0.05) is 6.92 Å². The molecule has 1 fully saturated rings. The van der Waals surface area contributed by atoms with Crippen molar-refractivity contribution in [3.8, 4) is 0 Å². The molecule has 0 aromatic heterocycles. The highest BCUT2D eigenvalue weighted by Crippen LogP contribution is 2.33. The van der Waals surface area contributed by atoms with E-state index in [-0.39, 0.29) is 35.0 Å². The van der Waals surface area contributed by atoms with Crippen LogP contribution in [0.1, 0.15) is 26.7 Å². The van der Waals surface area contributed by atoms with Crippen LogP contribution in [0.5, 0.6) is 0 Å². The van der Waals surface area contributed by atoms with E-state index < -0.39 is 0 Å². The minimum absolute atomic E-state index is 0. The Labute approximate surface area is 120 Å². The minimum atomic E-state index is -0.131. The van der Waals surface area contributed by atoms with Gasteiger partial charge in [0.05, 0.1) is 0 Å². The van der Waals surface area contributed by atoms with Crippen LogP contribution in [-0.2, 0) is 9.53 Å².